The highest BCUT2D eigenvalue weighted by molar-refractivity contribution is 5.77. The minimum Gasteiger partial charge on any atom is -0.482 e. The normalized spacial score (nSPS) is 11.4. The fraction of sp³-hybridized carbons (Fsp3) is 0.462. The number of hydrogen-bond acceptors (Lipinski definition) is 5. The van der Waals surface area contributed by atoms with E-state index in [0.29, 0.717) is 25.1 Å². The minimum atomic E-state index is -0.255. The fourth-order valence-corrected chi connectivity index (χ4v) is 1.40. The molecule has 0 aliphatic carbocycles. The van der Waals surface area contributed by atoms with Gasteiger partial charge < -0.3 is 15.8 Å². The van der Waals surface area contributed by atoms with Crippen LogP contribution in [0.5, 0.6) is 5.75 Å². The molecule has 0 aliphatic rings. The molecule has 1 amide bonds. The lowest BCUT2D eigenvalue weighted by Crippen LogP contribution is -2.29. The van der Waals surface area contributed by atoms with Crippen LogP contribution >= 0.6 is 0 Å². The molecule has 0 saturated heterocycles. The number of amides is 1. The lowest BCUT2D eigenvalue weighted by atomic mass is 10.2. The van der Waals surface area contributed by atoms with Gasteiger partial charge in [-0.3, -0.25) is 9.78 Å². The van der Waals surface area contributed by atoms with Crippen LogP contribution in [0.2, 0.25) is 0 Å². The Balaban J connectivity index is 2.33. The van der Waals surface area contributed by atoms with Crippen LogP contribution in [0.15, 0.2) is 18.3 Å². The molecule has 6 nitrogen and oxygen atoms in total. The Morgan fingerprint density at radius 2 is 2.42 bits per heavy atom. The van der Waals surface area contributed by atoms with E-state index in [2.05, 4.69) is 10.3 Å². The van der Waals surface area contributed by atoms with Crippen LogP contribution in [0, 0.1) is 11.3 Å². The zero-order valence-electron chi connectivity index (χ0n) is 10.9. The first-order valence-electron chi connectivity index (χ1n) is 6.08. The van der Waals surface area contributed by atoms with E-state index in [4.69, 9.17) is 15.7 Å². The van der Waals surface area contributed by atoms with Crippen LogP contribution in [-0.2, 0) is 11.2 Å². The molecule has 1 rings (SSSR count). The lowest BCUT2D eigenvalue weighted by Gasteiger charge is -2.08. The van der Waals surface area contributed by atoms with Crippen LogP contribution in [0.25, 0.3) is 0 Å². The molecule has 0 bridgehead atoms. The highest BCUT2D eigenvalue weighted by Crippen LogP contribution is 2.09. The summed E-state index contributed by atoms with van der Waals surface area (Å²) >= 11 is 0. The van der Waals surface area contributed by atoms with E-state index in [0.717, 1.165) is 5.69 Å². The standard InChI is InChI=1S/C13H18N4O2/c1-10(15)7-11-3-4-12(8-17-11)19-9-13(18)16-6-2-5-14/h3-4,8,10H,2,6-7,9,15H2,1H3,(H,16,18). The minimum absolute atomic E-state index is 0.0604. The molecule has 1 aromatic heterocycles. The summed E-state index contributed by atoms with van der Waals surface area (Å²) in [6.45, 7) is 2.17. The summed E-state index contributed by atoms with van der Waals surface area (Å²) in [6, 6.07) is 5.59. The summed E-state index contributed by atoms with van der Waals surface area (Å²) < 4.78 is 5.27. The molecule has 0 aromatic carbocycles. The van der Waals surface area contributed by atoms with Crippen LogP contribution < -0.4 is 15.8 Å². The second-order valence-electron chi connectivity index (χ2n) is 4.21. The Morgan fingerprint density at radius 3 is 3.00 bits per heavy atom. The molecular formula is C13H18N4O2. The van der Waals surface area contributed by atoms with Crippen LogP contribution in [-0.4, -0.2) is 30.1 Å². The van der Waals surface area contributed by atoms with Crippen LogP contribution in [0.1, 0.15) is 19.0 Å². The van der Waals surface area contributed by atoms with Gasteiger partial charge in [-0.15, -0.1) is 0 Å². The molecule has 1 aromatic rings. The van der Waals surface area contributed by atoms with E-state index in [1.54, 1.807) is 12.3 Å². The van der Waals surface area contributed by atoms with Gasteiger partial charge in [-0.25, -0.2) is 0 Å². The molecule has 102 valence electrons. The van der Waals surface area contributed by atoms with Crippen molar-refractivity contribution in [1.29, 1.82) is 5.26 Å². The molecule has 6 heteroatoms. The maximum Gasteiger partial charge on any atom is 0.257 e. The zero-order chi connectivity index (χ0) is 14.1. The SMILES string of the molecule is CC(N)Cc1ccc(OCC(=O)NCCC#N)cn1. The van der Waals surface area contributed by atoms with E-state index in [1.165, 1.54) is 0 Å². The number of carbonyl (C=O) groups is 1. The third-order valence-corrected chi connectivity index (χ3v) is 2.26. The van der Waals surface area contributed by atoms with Crippen molar-refractivity contribution in [2.75, 3.05) is 13.2 Å². The van der Waals surface area contributed by atoms with Crippen molar-refractivity contribution in [3.63, 3.8) is 0 Å². The smallest absolute Gasteiger partial charge is 0.257 e. The van der Waals surface area contributed by atoms with Gasteiger partial charge in [-0.05, 0) is 19.1 Å². The zero-order valence-corrected chi connectivity index (χ0v) is 10.9. The number of aromatic nitrogens is 1. The maximum atomic E-state index is 11.3. The Hall–Kier alpha value is -2.13. The van der Waals surface area contributed by atoms with Crippen molar-refractivity contribution in [3.8, 4) is 11.8 Å². The summed E-state index contributed by atoms with van der Waals surface area (Å²) in [4.78, 5) is 15.5. The molecule has 0 fully saturated rings. The number of pyridine rings is 1. The summed E-state index contributed by atoms with van der Waals surface area (Å²) in [6.07, 6.45) is 2.56. The molecule has 19 heavy (non-hydrogen) atoms. The summed E-state index contributed by atoms with van der Waals surface area (Å²) in [5.74, 6) is 0.277. The molecule has 0 spiro atoms. The largest absolute Gasteiger partial charge is 0.482 e. The number of rotatable bonds is 7. The number of ether oxygens (including phenoxy) is 1. The van der Waals surface area contributed by atoms with Gasteiger partial charge in [-0.2, -0.15) is 5.26 Å². The first-order chi connectivity index (χ1) is 9.11. The van der Waals surface area contributed by atoms with Gasteiger partial charge in [0.25, 0.3) is 5.91 Å². The molecule has 1 unspecified atom stereocenters. The van der Waals surface area contributed by atoms with Crippen molar-refractivity contribution in [3.05, 3.63) is 24.0 Å². The van der Waals surface area contributed by atoms with Gasteiger partial charge in [0.1, 0.15) is 5.75 Å². The highest BCUT2D eigenvalue weighted by atomic mass is 16.5. The second kappa shape index (κ2) is 8.06. The van der Waals surface area contributed by atoms with Gasteiger partial charge in [-0.1, -0.05) is 0 Å². The molecular weight excluding hydrogens is 244 g/mol. The Morgan fingerprint density at radius 1 is 1.63 bits per heavy atom. The summed E-state index contributed by atoms with van der Waals surface area (Å²) in [5.41, 5.74) is 6.56. The number of nitriles is 1. The second-order valence-corrected chi connectivity index (χ2v) is 4.21. The van der Waals surface area contributed by atoms with Crippen LogP contribution in [0.3, 0.4) is 0 Å². The fourth-order valence-electron chi connectivity index (χ4n) is 1.40. The van der Waals surface area contributed by atoms with Gasteiger partial charge in [0.15, 0.2) is 6.61 Å². The molecule has 1 atom stereocenters. The monoisotopic (exact) mass is 262 g/mol. The van der Waals surface area contributed by atoms with Gasteiger partial charge in [0.2, 0.25) is 0 Å². The summed E-state index contributed by atoms with van der Waals surface area (Å²) in [5, 5.41) is 10.9. The number of nitrogens with one attached hydrogen (secondary N) is 1. The third-order valence-electron chi connectivity index (χ3n) is 2.26. The number of hydrogen-bond donors (Lipinski definition) is 2. The molecule has 0 aliphatic heterocycles. The van der Waals surface area contributed by atoms with E-state index in [-0.39, 0.29) is 18.6 Å². The number of nitrogens with two attached hydrogens (primary N) is 1. The topological polar surface area (TPSA) is 101 Å². The van der Waals surface area contributed by atoms with E-state index < -0.39 is 0 Å². The average Bonchev–Trinajstić information content (AvgIpc) is 2.37. The Bertz CT molecular complexity index is 437. The van der Waals surface area contributed by atoms with E-state index >= 15 is 0 Å². The van der Waals surface area contributed by atoms with Crippen molar-refractivity contribution >= 4 is 5.91 Å². The molecule has 0 radical (unpaired) electrons. The van der Waals surface area contributed by atoms with Crippen LogP contribution in [0.4, 0.5) is 0 Å². The van der Waals surface area contributed by atoms with Gasteiger partial charge in [0.05, 0.1) is 18.7 Å². The summed E-state index contributed by atoms with van der Waals surface area (Å²) in [7, 11) is 0. The molecule has 0 saturated carbocycles. The predicted octanol–water partition coefficient (Wildman–Crippen LogP) is 0.380. The first-order valence-corrected chi connectivity index (χ1v) is 6.08. The van der Waals surface area contributed by atoms with Crippen molar-refractivity contribution in [1.82, 2.24) is 10.3 Å². The van der Waals surface area contributed by atoms with E-state index in [9.17, 15) is 4.79 Å². The molecule has 3 N–H and O–H groups in total. The first kappa shape index (κ1) is 14.9. The van der Waals surface area contributed by atoms with Gasteiger partial charge >= 0.3 is 0 Å². The van der Waals surface area contributed by atoms with E-state index in [1.807, 2.05) is 19.1 Å². The van der Waals surface area contributed by atoms with Crippen molar-refractivity contribution < 1.29 is 9.53 Å². The van der Waals surface area contributed by atoms with Crippen molar-refractivity contribution in [2.24, 2.45) is 5.73 Å². The number of carbonyl (C=O) groups excluding carboxylic acids is 1. The highest BCUT2D eigenvalue weighted by Gasteiger charge is 2.03. The number of nitrogens with zero attached hydrogens (tertiary/aromatic N) is 2. The average molecular weight is 262 g/mol. The van der Waals surface area contributed by atoms with Gasteiger partial charge in [0, 0.05) is 24.7 Å². The van der Waals surface area contributed by atoms with Crippen molar-refractivity contribution in [2.45, 2.75) is 25.8 Å². The predicted molar refractivity (Wildman–Crippen MR) is 70.3 cm³/mol. The third kappa shape index (κ3) is 6.38. The Kier molecular flexibility index (Phi) is 6.33. The molecule has 1 heterocycles. The Labute approximate surface area is 112 Å². The maximum absolute atomic E-state index is 11.3. The quantitative estimate of drug-likeness (QED) is 0.692. The lowest BCUT2D eigenvalue weighted by molar-refractivity contribution is -0.123.